The second-order valence-electron chi connectivity index (χ2n) is 4.88. The number of ether oxygens (including phenoxy) is 1. The maximum atomic E-state index is 12.8. The van der Waals surface area contributed by atoms with Crippen molar-refractivity contribution >= 4 is 0 Å². The minimum Gasteiger partial charge on any atom is -0.381 e. The summed E-state index contributed by atoms with van der Waals surface area (Å²) in [6.45, 7) is 3.78. The summed E-state index contributed by atoms with van der Waals surface area (Å²) in [5.74, 6) is 0.579. The maximum Gasteiger partial charge on any atom is 0.123 e. The smallest absolute Gasteiger partial charge is 0.123 e. The van der Waals surface area contributed by atoms with Crippen LogP contribution < -0.4 is 0 Å². The Labute approximate surface area is 102 Å². The van der Waals surface area contributed by atoms with Crippen molar-refractivity contribution in [3.05, 3.63) is 35.6 Å². The average molecular weight is 237 g/mol. The number of benzene rings is 1. The number of hydrogen-bond donors (Lipinski definition) is 0. The normalized spacial score (nSPS) is 17.6. The van der Waals surface area contributed by atoms with E-state index in [-0.39, 0.29) is 5.82 Å². The van der Waals surface area contributed by atoms with E-state index in [2.05, 4.69) is 11.9 Å². The lowest BCUT2D eigenvalue weighted by Gasteiger charge is -2.27. The molecular formula is C14H20FNO. The van der Waals surface area contributed by atoms with Crippen LogP contribution in [0.3, 0.4) is 0 Å². The van der Waals surface area contributed by atoms with Crippen LogP contribution in [0.15, 0.2) is 24.3 Å². The number of hydrogen-bond acceptors (Lipinski definition) is 2. The molecule has 0 unspecified atom stereocenters. The lowest BCUT2D eigenvalue weighted by Crippen LogP contribution is -2.29. The van der Waals surface area contributed by atoms with Crippen molar-refractivity contribution in [1.29, 1.82) is 0 Å². The molecule has 1 aromatic carbocycles. The van der Waals surface area contributed by atoms with Crippen molar-refractivity contribution in [3.8, 4) is 0 Å². The lowest BCUT2D eigenvalue weighted by molar-refractivity contribution is 0.0549. The SMILES string of the molecule is CN(Cc1ccc(F)cc1)CC1CCOCC1. The van der Waals surface area contributed by atoms with Crippen molar-refractivity contribution < 1.29 is 9.13 Å². The predicted molar refractivity (Wildman–Crippen MR) is 66.3 cm³/mol. The van der Waals surface area contributed by atoms with E-state index in [4.69, 9.17) is 4.74 Å². The standard InChI is InChI=1S/C14H20FNO/c1-16(11-13-6-8-17-9-7-13)10-12-2-4-14(15)5-3-12/h2-5,13H,6-11H2,1H3. The Hall–Kier alpha value is -0.930. The molecule has 0 aromatic heterocycles. The van der Waals surface area contributed by atoms with Crippen molar-refractivity contribution in [3.63, 3.8) is 0 Å². The summed E-state index contributed by atoms with van der Waals surface area (Å²) in [5.41, 5.74) is 1.17. The first kappa shape index (κ1) is 12.5. The molecule has 0 spiro atoms. The van der Waals surface area contributed by atoms with Gasteiger partial charge in [0.15, 0.2) is 0 Å². The third kappa shape index (κ3) is 4.10. The molecule has 1 aliphatic rings. The predicted octanol–water partition coefficient (Wildman–Crippen LogP) is 2.68. The van der Waals surface area contributed by atoms with Gasteiger partial charge in [0, 0.05) is 26.3 Å². The Kier molecular flexibility index (Phi) is 4.51. The Morgan fingerprint density at radius 2 is 1.88 bits per heavy atom. The van der Waals surface area contributed by atoms with Gasteiger partial charge in [-0.25, -0.2) is 4.39 Å². The Bertz CT molecular complexity index is 333. The number of halogens is 1. The first-order valence-corrected chi connectivity index (χ1v) is 6.25. The fourth-order valence-corrected chi connectivity index (χ4v) is 2.34. The molecule has 1 heterocycles. The van der Waals surface area contributed by atoms with Gasteiger partial charge in [-0.05, 0) is 43.5 Å². The second kappa shape index (κ2) is 6.12. The maximum absolute atomic E-state index is 12.8. The van der Waals surface area contributed by atoms with Crippen molar-refractivity contribution in [1.82, 2.24) is 4.90 Å². The molecule has 0 N–H and O–H groups in total. The van der Waals surface area contributed by atoms with E-state index in [1.165, 1.54) is 17.7 Å². The van der Waals surface area contributed by atoms with Gasteiger partial charge in [0.2, 0.25) is 0 Å². The Morgan fingerprint density at radius 1 is 1.24 bits per heavy atom. The Morgan fingerprint density at radius 3 is 2.53 bits per heavy atom. The van der Waals surface area contributed by atoms with Gasteiger partial charge in [-0.2, -0.15) is 0 Å². The van der Waals surface area contributed by atoms with Gasteiger partial charge in [0.05, 0.1) is 0 Å². The average Bonchev–Trinajstić information content (AvgIpc) is 2.33. The quantitative estimate of drug-likeness (QED) is 0.798. The zero-order chi connectivity index (χ0) is 12.1. The Balaban J connectivity index is 1.79. The summed E-state index contributed by atoms with van der Waals surface area (Å²) < 4.78 is 18.1. The molecule has 2 nitrogen and oxygen atoms in total. The zero-order valence-electron chi connectivity index (χ0n) is 10.4. The topological polar surface area (TPSA) is 12.5 Å². The fourth-order valence-electron chi connectivity index (χ4n) is 2.34. The molecule has 2 rings (SSSR count). The van der Waals surface area contributed by atoms with Gasteiger partial charge >= 0.3 is 0 Å². The molecule has 0 atom stereocenters. The molecule has 17 heavy (non-hydrogen) atoms. The zero-order valence-corrected chi connectivity index (χ0v) is 10.4. The van der Waals surface area contributed by atoms with E-state index in [1.54, 1.807) is 0 Å². The van der Waals surface area contributed by atoms with Crippen LogP contribution in [-0.2, 0) is 11.3 Å². The third-order valence-corrected chi connectivity index (χ3v) is 3.28. The highest BCUT2D eigenvalue weighted by Crippen LogP contribution is 2.16. The molecule has 0 aliphatic carbocycles. The van der Waals surface area contributed by atoms with E-state index >= 15 is 0 Å². The molecule has 0 radical (unpaired) electrons. The van der Waals surface area contributed by atoms with Gasteiger partial charge in [-0.1, -0.05) is 12.1 Å². The molecule has 0 bridgehead atoms. The summed E-state index contributed by atoms with van der Waals surface area (Å²) in [4.78, 5) is 2.31. The number of nitrogens with zero attached hydrogens (tertiary/aromatic N) is 1. The van der Waals surface area contributed by atoms with Crippen LogP contribution in [0.2, 0.25) is 0 Å². The highest BCUT2D eigenvalue weighted by Gasteiger charge is 2.15. The largest absolute Gasteiger partial charge is 0.381 e. The van der Waals surface area contributed by atoms with E-state index in [0.717, 1.165) is 45.1 Å². The third-order valence-electron chi connectivity index (χ3n) is 3.28. The first-order chi connectivity index (χ1) is 8.24. The van der Waals surface area contributed by atoms with Gasteiger partial charge in [0.1, 0.15) is 5.82 Å². The van der Waals surface area contributed by atoms with Crippen LogP contribution in [0.1, 0.15) is 18.4 Å². The van der Waals surface area contributed by atoms with Gasteiger partial charge in [-0.3, -0.25) is 0 Å². The molecular weight excluding hydrogens is 217 g/mol. The summed E-state index contributed by atoms with van der Waals surface area (Å²) >= 11 is 0. The molecule has 1 aromatic rings. The van der Waals surface area contributed by atoms with E-state index in [1.807, 2.05) is 12.1 Å². The highest BCUT2D eigenvalue weighted by molar-refractivity contribution is 5.15. The highest BCUT2D eigenvalue weighted by atomic mass is 19.1. The molecule has 1 aliphatic heterocycles. The summed E-state index contributed by atoms with van der Waals surface area (Å²) in [6, 6.07) is 6.76. The second-order valence-corrected chi connectivity index (χ2v) is 4.88. The van der Waals surface area contributed by atoms with Gasteiger partial charge < -0.3 is 9.64 Å². The minimum atomic E-state index is -0.166. The minimum absolute atomic E-state index is 0.166. The van der Waals surface area contributed by atoms with Crippen molar-refractivity contribution in [2.75, 3.05) is 26.8 Å². The van der Waals surface area contributed by atoms with E-state index in [9.17, 15) is 4.39 Å². The van der Waals surface area contributed by atoms with Gasteiger partial charge in [0.25, 0.3) is 0 Å². The van der Waals surface area contributed by atoms with Crippen LogP contribution in [0.25, 0.3) is 0 Å². The fraction of sp³-hybridized carbons (Fsp3) is 0.571. The van der Waals surface area contributed by atoms with Crippen molar-refractivity contribution in [2.24, 2.45) is 5.92 Å². The van der Waals surface area contributed by atoms with Crippen LogP contribution in [0, 0.1) is 11.7 Å². The molecule has 0 saturated carbocycles. The molecule has 94 valence electrons. The lowest BCUT2D eigenvalue weighted by atomic mass is 10.00. The van der Waals surface area contributed by atoms with Crippen LogP contribution >= 0.6 is 0 Å². The first-order valence-electron chi connectivity index (χ1n) is 6.25. The monoisotopic (exact) mass is 237 g/mol. The molecule has 3 heteroatoms. The summed E-state index contributed by atoms with van der Waals surface area (Å²) in [6.07, 6.45) is 2.32. The molecule has 1 fully saturated rings. The van der Waals surface area contributed by atoms with Crippen LogP contribution in [0.4, 0.5) is 4.39 Å². The summed E-state index contributed by atoms with van der Waals surface area (Å²) in [5, 5.41) is 0. The molecule has 1 saturated heterocycles. The van der Waals surface area contributed by atoms with Gasteiger partial charge in [-0.15, -0.1) is 0 Å². The van der Waals surface area contributed by atoms with E-state index in [0.29, 0.717) is 0 Å². The molecule has 0 amide bonds. The number of rotatable bonds is 4. The summed E-state index contributed by atoms with van der Waals surface area (Å²) in [7, 11) is 2.12. The van der Waals surface area contributed by atoms with Crippen molar-refractivity contribution in [2.45, 2.75) is 19.4 Å². The van der Waals surface area contributed by atoms with E-state index < -0.39 is 0 Å². The van der Waals surface area contributed by atoms with Crippen LogP contribution in [0.5, 0.6) is 0 Å². The van der Waals surface area contributed by atoms with Crippen LogP contribution in [-0.4, -0.2) is 31.7 Å².